The third-order valence-electron chi connectivity index (χ3n) is 7.22. The van der Waals surface area contributed by atoms with Crippen LogP contribution in [-0.4, -0.2) is 26.9 Å². The number of amides is 1. The highest BCUT2D eigenvalue weighted by Crippen LogP contribution is 2.27. The summed E-state index contributed by atoms with van der Waals surface area (Å²) in [6, 6.07) is 32.6. The van der Waals surface area contributed by atoms with Crippen molar-refractivity contribution in [1.82, 2.24) is 14.5 Å². The minimum atomic E-state index is -0.464. The smallest absolute Gasteiger partial charge is 0.266 e. The molecule has 0 radical (unpaired) electrons. The molecule has 0 N–H and O–H groups in total. The lowest BCUT2D eigenvalue weighted by molar-refractivity contribution is -0.134. The number of aromatic nitrogens is 2. The average Bonchev–Trinajstić information content (AvgIpc) is 3.00. The van der Waals surface area contributed by atoms with Crippen molar-refractivity contribution in [3.8, 4) is 5.69 Å². The van der Waals surface area contributed by atoms with Crippen LogP contribution in [0.1, 0.15) is 42.8 Å². The molecule has 0 bridgehead atoms. The van der Waals surface area contributed by atoms with Crippen molar-refractivity contribution in [2.24, 2.45) is 0 Å². The largest absolute Gasteiger partial charge is 0.332 e. The Morgan fingerprint density at radius 1 is 0.825 bits per heavy atom. The maximum Gasteiger partial charge on any atom is 0.266 e. The van der Waals surface area contributed by atoms with E-state index >= 15 is 0 Å². The zero-order valence-corrected chi connectivity index (χ0v) is 22.5. The number of aryl methyl sites for hydroxylation is 1. The second-order valence-electron chi connectivity index (χ2n) is 9.84. The molecule has 0 aliphatic carbocycles. The molecule has 5 rings (SSSR count). The molecule has 6 heteroatoms. The van der Waals surface area contributed by atoms with Gasteiger partial charge in [0.25, 0.3) is 5.56 Å². The van der Waals surface area contributed by atoms with Crippen molar-refractivity contribution in [2.75, 3.05) is 6.54 Å². The van der Waals surface area contributed by atoms with Gasteiger partial charge in [0.2, 0.25) is 5.91 Å². The Balaban J connectivity index is 1.59. The number of benzene rings is 4. The summed E-state index contributed by atoms with van der Waals surface area (Å²) in [5, 5.41) is 0.469. The molecule has 5 nitrogen and oxygen atoms in total. The van der Waals surface area contributed by atoms with Crippen LogP contribution in [0.25, 0.3) is 16.6 Å². The molecule has 1 atom stereocenters. The monoisotopic (exact) mass is 533 g/mol. The van der Waals surface area contributed by atoms with Gasteiger partial charge in [-0.3, -0.25) is 14.2 Å². The molecule has 0 aliphatic rings. The number of carbonyl (C=O) groups is 1. The Morgan fingerprint density at radius 3 is 2.08 bits per heavy atom. The molecule has 0 saturated heterocycles. The van der Waals surface area contributed by atoms with Crippen molar-refractivity contribution >= 4 is 16.8 Å². The Hall–Kier alpha value is -4.58. The molecule has 5 aromatic rings. The van der Waals surface area contributed by atoms with Gasteiger partial charge in [0.05, 0.1) is 22.6 Å². The number of halogens is 1. The number of fused-ring (bicyclic) bond motifs is 1. The summed E-state index contributed by atoms with van der Waals surface area (Å²) >= 11 is 0. The van der Waals surface area contributed by atoms with Crippen LogP contribution in [-0.2, 0) is 17.6 Å². The number of rotatable bonds is 10. The minimum absolute atomic E-state index is 0.000280. The number of hydrogen-bond donors (Lipinski definition) is 0. The van der Waals surface area contributed by atoms with Crippen LogP contribution in [0.15, 0.2) is 114 Å². The van der Waals surface area contributed by atoms with Gasteiger partial charge in [0.15, 0.2) is 0 Å². The summed E-state index contributed by atoms with van der Waals surface area (Å²) in [4.78, 5) is 34.6. The fourth-order valence-corrected chi connectivity index (χ4v) is 5.14. The highest BCUT2D eigenvalue weighted by atomic mass is 19.1. The highest BCUT2D eigenvalue weighted by molar-refractivity contribution is 5.79. The highest BCUT2D eigenvalue weighted by Gasteiger charge is 2.29. The van der Waals surface area contributed by atoms with Gasteiger partial charge < -0.3 is 4.90 Å². The van der Waals surface area contributed by atoms with Crippen LogP contribution in [0.4, 0.5) is 4.39 Å². The van der Waals surface area contributed by atoms with Gasteiger partial charge in [-0.05, 0) is 66.8 Å². The SMILES string of the molecule is CCC(c1nc2ccccc2c(=O)n1-c1ccc(F)cc1)N(CCc1ccccc1)C(=O)CCc1ccccc1. The fraction of sp³-hybridized carbons (Fsp3) is 0.206. The first kappa shape index (κ1) is 27.0. The van der Waals surface area contributed by atoms with E-state index in [4.69, 9.17) is 4.98 Å². The molecule has 202 valence electrons. The van der Waals surface area contributed by atoms with Gasteiger partial charge in [-0.15, -0.1) is 0 Å². The Labute approximate surface area is 233 Å². The lowest BCUT2D eigenvalue weighted by Gasteiger charge is -2.32. The summed E-state index contributed by atoms with van der Waals surface area (Å²) in [6.45, 7) is 2.48. The maximum absolute atomic E-state index is 13.9. The zero-order valence-electron chi connectivity index (χ0n) is 22.5. The van der Waals surface area contributed by atoms with Crippen molar-refractivity contribution in [3.63, 3.8) is 0 Å². The van der Waals surface area contributed by atoms with Gasteiger partial charge in [0.1, 0.15) is 11.6 Å². The summed E-state index contributed by atoms with van der Waals surface area (Å²) in [5.74, 6) is 0.0818. The van der Waals surface area contributed by atoms with Crippen LogP contribution < -0.4 is 5.56 Å². The van der Waals surface area contributed by atoms with E-state index < -0.39 is 6.04 Å². The molecule has 0 spiro atoms. The predicted molar refractivity (Wildman–Crippen MR) is 157 cm³/mol. The molecule has 0 saturated carbocycles. The van der Waals surface area contributed by atoms with Crippen LogP contribution in [0, 0.1) is 5.82 Å². The second kappa shape index (κ2) is 12.5. The van der Waals surface area contributed by atoms with E-state index in [1.807, 2.05) is 72.5 Å². The van der Waals surface area contributed by atoms with Crippen molar-refractivity contribution < 1.29 is 9.18 Å². The van der Waals surface area contributed by atoms with Gasteiger partial charge in [0, 0.05) is 13.0 Å². The quantitative estimate of drug-likeness (QED) is 0.201. The third-order valence-corrected chi connectivity index (χ3v) is 7.22. The number of hydrogen-bond acceptors (Lipinski definition) is 3. The first-order chi connectivity index (χ1) is 19.5. The maximum atomic E-state index is 13.9. The molecule has 0 aliphatic heterocycles. The Bertz CT molecular complexity index is 1630. The van der Waals surface area contributed by atoms with E-state index in [-0.39, 0.29) is 17.3 Å². The summed E-state index contributed by atoms with van der Waals surface area (Å²) in [7, 11) is 0. The van der Waals surface area contributed by atoms with E-state index in [0.717, 1.165) is 11.1 Å². The molecule has 1 heterocycles. The van der Waals surface area contributed by atoms with Crippen molar-refractivity contribution in [2.45, 2.75) is 38.6 Å². The number of para-hydroxylation sites is 1. The van der Waals surface area contributed by atoms with Crippen LogP contribution in [0.2, 0.25) is 0 Å². The van der Waals surface area contributed by atoms with Crippen LogP contribution in [0.5, 0.6) is 0 Å². The van der Waals surface area contributed by atoms with Crippen molar-refractivity contribution in [3.05, 3.63) is 142 Å². The first-order valence-corrected chi connectivity index (χ1v) is 13.7. The molecule has 4 aromatic carbocycles. The second-order valence-corrected chi connectivity index (χ2v) is 9.84. The third kappa shape index (κ3) is 6.01. The molecule has 40 heavy (non-hydrogen) atoms. The van der Waals surface area contributed by atoms with Crippen molar-refractivity contribution in [1.29, 1.82) is 0 Å². The Morgan fingerprint density at radius 2 is 1.43 bits per heavy atom. The van der Waals surface area contributed by atoms with Gasteiger partial charge in [-0.25, -0.2) is 9.37 Å². The topological polar surface area (TPSA) is 55.2 Å². The zero-order chi connectivity index (χ0) is 27.9. The average molecular weight is 534 g/mol. The molecule has 1 unspecified atom stereocenters. The molecule has 1 aromatic heterocycles. The van der Waals surface area contributed by atoms with E-state index in [0.29, 0.717) is 54.6 Å². The standard InChI is InChI=1S/C34H32FN3O2/c1-2-31(33-36-30-16-10-9-15-29(30)34(40)38(33)28-20-18-27(35)19-21-28)37(24-23-26-13-7-4-8-14-26)32(39)22-17-25-11-5-3-6-12-25/h3-16,18-21,31H,2,17,22-24H2,1H3. The summed E-state index contributed by atoms with van der Waals surface area (Å²) in [6.07, 6.45) is 2.18. The Kier molecular flexibility index (Phi) is 8.45. The lowest BCUT2D eigenvalue weighted by Crippen LogP contribution is -2.40. The normalized spacial score (nSPS) is 11.8. The number of carbonyl (C=O) groups excluding carboxylic acids is 1. The molecular weight excluding hydrogens is 501 g/mol. The van der Waals surface area contributed by atoms with Gasteiger partial charge in [-0.2, -0.15) is 0 Å². The fourth-order valence-electron chi connectivity index (χ4n) is 5.14. The predicted octanol–water partition coefficient (Wildman–Crippen LogP) is 6.68. The summed E-state index contributed by atoms with van der Waals surface area (Å²) in [5.41, 5.74) is 3.06. The molecule has 0 fully saturated rings. The lowest BCUT2D eigenvalue weighted by atomic mass is 10.0. The van der Waals surface area contributed by atoms with E-state index in [1.165, 1.54) is 16.7 Å². The molecular formula is C34H32FN3O2. The van der Waals surface area contributed by atoms with E-state index in [1.54, 1.807) is 24.3 Å². The minimum Gasteiger partial charge on any atom is -0.332 e. The first-order valence-electron chi connectivity index (χ1n) is 13.7. The molecule has 1 amide bonds. The number of nitrogens with zero attached hydrogens (tertiary/aromatic N) is 3. The van der Waals surface area contributed by atoms with Crippen LogP contribution >= 0.6 is 0 Å². The van der Waals surface area contributed by atoms with E-state index in [2.05, 4.69) is 12.1 Å². The van der Waals surface area contributed by atoms with Gasteiger partial charge >= 0.3 is 0 Å². The van der Waals surface area contributed by atoms with Gasteiger partial charge in [-0.1, -0.05) is 79.7 Å². The van der Waals surface area contributed by atoms with Crippen LogP contribution in [0.3, 0.4) is 0 Å². The van der Waals surface area contributed by atoms with E-state index in [9.17, 15) is 14.0 Å². The summed E-state index contributed by atoms with van der Waals surface area (Å²) < 4.78 is 15.4.